The van der Waals surface area contributed by atoms with E-state index in [2.05, 4.69) is 32.5 Å². The SMILES string of the molecule is CCCCc1cn(-c2c(C(=O)OCC)ccn2C(C)C)c(=O)n1Cc1cnccc1-c1ccc(-c2nnn[nH]2)cc1. The quantitative estimate of drug-likeness (QED) is 0.232. The molecule has 0 bridgehead atoms. The minimum absolute atomic E-state index is 0.0307. The first-order chi connectivity index (χ1) is 19.9. The fourth-order valence-electron chi connectivity index (χ4n) is 4.98. The number of pyridine rings is 1. The number of aryl methyl sites for hydroxylation is 1. The molecule has 0 saturated carbocycles. The number of H-pyrrole nitrogens is 1. The largest absolute Gasteiger partial charge is 0.462 e. The second-order valence-electron chi connectivity index (χ2n) is 10.1. The van der Waals surface area contributed by atoms with Crippen molar-refractivity contribution in [1.29, 1.82) is 0 Å². The van der Waals surface area contributed by atoms with Crippen LogP contribution in [0.15, 0.2) is 66.0 Å². The smallest absolute Gasteiger partial charge is 0.341 e. The van der Waals surface area contributed by atoms with Crippen molar-refractivity contribution in [2.24, 2.45) is 0 Å². The first kappa shape index (κ1) is 27.8. The fourth-order valence-corrected chi connectivity index (χ4v) is 4.98. The Labute approximate surface area is 237 Å². The van der Waals surface area contributed by atoms with Gasteiger partial charge in [0.25, 0.3) is 0 Å². The molecule has 0 aliphatic heterocycles. The number of esters is 1. The number of aromatic amines is 1. The van der Waals surface area contributed by atoms with E-state index < -0.39 is 5.97 Å². The van der Waals surface area contributed by atoms with Gasteiger partial charge >= 0.3 is 11.7 Å². The minimum Gasteiger partial charge on any atom is -0.462 e. The van der Waals surface area contributed by atoms with Gasteiger partial charge < -0.3 is 9.30 Å². The zero-order valence-corrected chi connectivity index (χ0v) is 23.7. The molecule has 11 heteroatoms. The summed E-state index contributed by atoms with van der Waals surface area (Å²) in [7, 11) is 0. The van der Waals surface area contributed by atoms with Gasteiger partial charge in [-0.3, -0.25) is 14.1 Å². The van der Waals surface area contributed by atoms with E-state index in [1.807, 2.05) is 61.1 Å². The van der Waals surface area contributed by atoms with Gasteiger partial charge in [-0.25, -0.2) is 14.7 Å². The molecule has 0 fully saturated rings. The van der Waals surface area contributed by atoms with Crippen molar-refractivity contribution in [3.63, 3.8) is 0 Å². The summed E-state index contributed by atoms with van der Waals surface area (Å²) in [6, 6.07) is 11.6. The fraction of sp³-hybridized carbons (Fsp3) is 0.333. The highest BCUT2D eigenvalue weighted by Crippen LogP contribution is 2.27. The lowest BCUT2D eigenvalue weighted by Gasteiger charge is -2.14. The average molecular weight is 555 g/mol. The third kappa shape index (κ3) is 5.60. The summed E-state index contributed by atoms with van der Waals surface area (Å²) >= 11 is 0. The number of nitrogens with one attached hydrogen (secondary N) is 1. The van der Waals surface area contributed by atoms with Crippen LogP contribution in [0.5, 0.6) is 0 Å². The van der Waals surface area contributed by atoms with E-state index in [-0.39, 0.29) is 18.3 Å². The maximum Gasteiger partial charge on any atom is 0.341 e. The van der Waals surface area contributed by atoms with Crippen LogP contribution in [0, 0.1) is 0 Å². The Balaban J connectivity index is 1.58. The standard InChI is InChI=1S/C30H34N8O3/c1-5-7-8-24-19-38(28-26(29(39)41-6-2)14-16-36(28)20(3)4)30(40)37(24)18-23-17-31-15-13-25(23)21-9-11-22(12-10-21)27-32-34-35-33-27/h9-17,19-20H,5-8,18H2,1-4H3,(H,32,33,34,35). The van der Waals surface area contributed by atoms with Crippen LogP contribution >= 0.6 is 0 Å². The Morgan fingerprint density at radius 2 is 1.85 bits per heavy atom. The molecule has 4 heterocycles. The number of imidazole rings is 1. The lowest BCUT2D eigenvalue weighted by Crippen LogP contribution is -2.27. The Kier molecular flexibility index (Phi) is 8.23. The van der Waals surface area contributed by atoms with E-state index in [9.17, 15) is 9.59 Å². The number of ether oxygens (including phenoxy) is 1. The first-order valence-corrected chi connectivity index (χ1v) is 13.9. The summed E-state index contributed by atoms with van der Waals surface area (Å²) in [6.45, 7) is 8.52. The number of carbonyl (C=O) groups is 1. The van der Waals surface area contributed by atoms with Gasteiger partial charge in [0.1, 0.15) is 11.4 Å². The summed E-state index contributed by atoms with van der Waals surface area (Å²) < 4.78 is 10.6. The van der Waals surface area contributed by atoms with Gasteiger partial charge in [-0.1, -0.05) is 37.6 Å². The number of tetrazole rings is 1. The van der Waals surface area contributed by atoms with Crippen molar-refractivity contribution in [1.82, 2.24) is 39.3 Å². The molecule has 0 aliphatic carbocycles. The Morgan fingerprint density at radius 1 is 1.07 bits per heavy atom. The molecule has 0 atom stereocenters. The predicted octanol–water partition coefficient (Wildman–Crippen LogP) is 4.83. The van der Waals surface area contributed by atoms with E-state index in [0.717, 1.165) is 47.2 Å². The van der Waals surface area contributed by atoms with Gasteiger partial charge in [0.15, 0.2) is 5.82 Å². The average Bonchev–Trinajstić information content (AvgIpc) is 3.73. The molecule has 5 rings (SSSR count). The number of hydrogen-bond donors (Lipinski definition) is 1. The molecule has 0 radical (unpaired) electrons. The lowest BCUT2D eigenvalue weighted by atomic mass is 10.00. The molecular weight excluding hydrogens is 520 g/mol. The van der Waals surface area contributed by atoms with Crippen molar-refractivity contribution in [2.75, 3.05) is 6.61 Å². The van der Waals surface area contributed by atoms with Gasteiger partial charge in [-0.05, 0) is 72.9 Å². The van der Waals surface area contributed by atoms with Crippen molar-refractivity contribution >= 4 is 5.97 Å². The Hall–Kier alpha value is -4.80. The van der Waals surface area contributed by atoms with Gasteiger partial charge in [-0.15, -0.1) is 5.10 Å². The van der Waals surface area contributed by atoms with Crippen LogP contribution in [0.2, 0.25) is 0 Å². The van der Waals surface area contributed by atoms with Gasteiger partial charge in [-0.2, -0.15) is 0 Å². The molecule has 5 aromatic rings. The van der Waals surface area contributed by atoms with Crippen LogP contribution < -0.4 is 5.69 Å². The monoisotopic (exact) mass is 554 g/mol. The zero-order valence-electron chi connectivity index (χ0n) is 23.7. The van der Waals surface area contributed by atoms with Gasteiger partial charge in [0.05, 0.1) is 13.2 Å². The van der Waals surface area contributed by atoms with Crippen molar-refractivity contribution in [2.45, 2.75) is 59.5 Å². The molecule has 4 aromatic heterocycles. The molecule has 0 aliphatic rings. The predicted molar refractivity (Wildman–Crippen MR) is 155 cm³/mol. The minimum atomic E-state index is -0.448. The summed E-state index contributed by atoms with van der Waals surface area (Å²) in [5.41, 5.74) is 4.78. The van der Waals surface area contributed by atoms with Crippen LogP contribution in [0.25, 0.3) is 28.3 Å². The zero-order chi connectivity index (χ0) is 28.9. The molecule has 0 unspecified atom stereocenters. The highest BCUT2D eigenvalue weighted by Gasteiger charge is 2.24. The Morgan fingerprint density at radius 3 is 2.54 bits per heavy atom. The second-order valence-corrected chi connectivity index (χ2v) is 10.1. The molecular formula is C30H34N8O3. The van der Waals surface area contributed by atoms with E-state index in [1.54, 1.807) is 34.5 Å². The number of benzene rings is 1. The highest BCUT2D eigenvalue weighted by atomic mass is 16.5. The number of aromatic nitrogens is 8. The summed E-state index contributed by atoms with van der Waals surface area (Å²) in [6.07, 6.45) is 9.90. The molecule has 1 aromatic carbocycles. The van der Waals surface area contributed by atoms with Crippen molar-refractivity contribution < 1.29 is 9.53 Å². The molecule has 212 valence electrons. The van der Waals surface area contributed by atoms with Gasteiger partial charge in [0, 0.05) is 42.1 Å². The van der Waals surface area contributed by atoms with Crippen LogP contribution in [-0.2, 0) is 17.7 Å². The van der Waals surface area contributed by atoms with E-state index >= 15 is 0 Å². The van der Waals surface area contributed by atoms with Crippen LogP contribution in [0.3, 0.4) is 0 Å². The normalized spacial score (nSPS) is 11.3. The van der Waals surface area contributed by atoms with Gasteiger partial charge in [0.2, 0.25) is 0 Å². The second kappa shape index (κ2) is 12.2. The maximum atomic E-state index is 14.1. The number of hydrogen-bond acceptors (Lipinski definition) is 7. The van der Waals surface area contributed by atoms with Crippen LogP contribution in [0.1, 0.15) is 68.2 Å². The lowest BCUT2D eigenvalue weighted by molar-refractivity contribution is 0.0526. The molecule has 0 spiro atoms. The maximum absolute atomic E-state index is 14.1. The third-order valence-electron chi connectivity index (χ3n) is 7.06. The van der Waals surface area contributed by atoms with Crippen molar-refractivity contribution in [3.8, 4) is 28.3 Å². The number of carbonyl (C=O) groups excluding carboxylic acids is 1. The molecule has 1 N–H and O–H groups in total. The molecule has 0 amide bonds. The third-order valence-corrected chi connectivity index (χ3v) is 7.06. The molecule has 11 nitrogen and oxygen atoms in total. The van der Waals surface area contributed by atoms with Crippen LogP contribution in [-0.4, -0.2) is 51.9 Å². The van der Waals surface area contributed by atoms with E-state index in [0.29, 0.717) is 23.8 Å². The first-order valence-electron chi connectivity index (χ1n) is 13.9. The van der Waals surface area contributed by atoms with Crippen molar-refractivity contribution in [3.05, 3.63) is 88.5 Å². The highest BCUT2D eigenvalue weighted by molar-refractivity contribution is 5.93. The number of rotatable bonds is 11. The van der Waals surface area contributed by atoms with E-state index in [4.69, 9.17) is 4.74 Å². The number of unbranched alkanes of at least 4 members (excludes halogenated alkanes) is 1. The van der Waals surface area contributed by atoms with Crippen LogP contribution in [0.4, 0.5) is 0 Å². The Bertz CT molecular complexity index is 1680. The summed E-state index contributed by atoms with van der Waals surface area (Å²) in [5, 5.41) is 14.0. The summed E-state index contributed by atoms with van der Waals surface area (Å²) in [5.74, 6) is 0.660. The molecule has 41 heavy (non-hydrogen) atoms. The number of nitrogens with zero attached hydrogens (tertiary/aromatic N) is 7. The topological polar surface area (TPSA) is 126 Å². The molecule has 0 saturated heterocycles. The van der Waals surface area contributed by atoms with E-state index in [1.165, 1.54) is 0 Å². The summed E-state index contributed by atoms with van der Waals surface area (Å²) in [4.78, 5) is 31.3.